The molecule has 0 N–H and O–H groups in total. The van der Waals surface area contributed by atoms with Crippen molar-refractivity contribution < 1.29 is 9.18 Å². The van der Waals surface area contributed by atoms with E-state index in [-0.39, 0.29) is 11.7 Å². The number of likely N-dealkylation sites (N-methyl/N-ethyl adjacent to an activating group) is 1. The van der Waals surface area contributed by atoms with E-state index in [0.29, 0.717) is 40.9 Å². The van der Waals surface area contributed by atoms with Crippen molar-refractivity contribution in [3.8, 4) is 11.3 Å². The molecule has 3 aromatic rings. The molecule has 140 valence electrons. The quantitative estimate of drug-likeness (QED) is 0.714. The van der Waals surface area contributed by atoms with Crippen LogP contribution < -0.4 is 0 Å². The molecule has 3 heterocycles. The molecule has 0 saturated carbocycles. The second-order valence-corrected chi connectivity index (χ2v) is 6.77. The Balaban J connectivity index is 1.78. The van der Waals surface area contributed by atoms with Crippen molar-refractivity contribution in [2.75, 3.05) is 32.7 Å². The maximum absolute atomic E-state index is 14.3. The average molecular weight is 367 g/mol. The van der Waals surface area contributed by atoms with Crippen LogP contribution in [-0.4, -0.2) is 63.2 Å². The number of piperazine rings is 1. The topological polar surface area (TPSA) is 54.3 Å². The van der Waals surface area contributed by atoms with Gasteiger partial charge in [-0.05, 0) is 24.7 Å². The highest BCUT2D eigenvalue weighted by Gasteiger charge is 2.25. The minimum atomic E-state index is -0.360. The second-order valence-electron chi connectivity index (χ2n) is 6.77. The van der Waals surface area contributed by atoms with Gasteiger partial charge in [-0.3, -0.25) is 9.48 Å². The van der Waals surface area contributed by atoms with Crippen LogP contribution in [0.4, 0.5) is 4.39 Å². The van der Waals surface area contributed by atoms with E-state index in [4.69, 9.17) is 0 Å². The number of aromatic nitrogens is 3. The van der Waals surface area contributed by atoms with E-state index >= 15 is 0 Å². The second kappa shape index (κ2) is 7.08. The largest absolute Gasteiger partial charge is 0.336 e. The van der Waals surface area contributed by atoms with Crippen LogP contribution in [0.1, 0.15) is 17.3 Å². The Bertz CT molecular complexity index is 991. The molecule has 0 spiro atoms. The number of halogens is 1. The van der Waals surface area contributed by atoms with Crippen molar-refractivity contribution in [1.82, 2.24) is 24.6 Å². The molecule has 2 aromatic heterocycles. The lowest BCUT2D eigenvalue weighted by Crippen LogP contribution is -2.48. The fourth-order valence-corrected chi connectivity index (χ4v) is 3.54. The molecule has 27 heavy (non-hydrogen) atoms. The number of carbonyl (C=O) groups is 1. The standard InChI is InChI=1S/C20H22FN5O/c1-3-25-8-10-26(11-9-25)20(27)15-12-18(14-6-4-5-7-17(14)21)23-19-16(15)13-22-24(19)2/h4-7,12-13H,3,8-11H2,1-2H3. The molecule has 0 atom stereocenters. The molecule has 1 saturated heterocycles. The molecular weight excluding hydrogens is 345 g/mol. The molecule has 0 aliphatic carbocycles. The van der Waals surface area contributed by atoms with Crippen LogP contribution in [0.3, 0.4) is 0 Å². The highest BCUT2D eigenvalue weighted by Crippen LogP contribution is 2.27. The van der Waals surface area contributed by atoms with E-state index in [1.807, 2.05) is 4.90 Å². The average Bonchev–Trinajstić information content (AvgIpc) is 3.08. The first-order valence-electron chi connectivity index (χ1n) is 9.17. The summed E-state index contributed by atoms with van der Waals surface area (Å²) < 4.78 is 15.9. The highest BCUT2D eigenvalue weighted by atomic mass is 19.1. The molecule has 1 amide bonds. The Kier molecular flexibility index (Phi) is 4.61. The molecule has 0 unspecified atom stereocenters. The van der Waals surface area contributed by atoms with Crippen molar-refractivity contribution in [3.05, 3.63) is 47.9 Å². The normalized spacial score (nSPS) is 15.4. The van der Waals surface area contributed by atoms with Gasteiger partial charge in [0.05, 0.1) is 22.8 Å². The Hall–Kier alpha value is -2.80. The zero-order valence-electron chi connectivity index (χ0n) is 15.5. The summed E-state index contributed by atoms with van der Waals surface area (Å²) in [6, 6.07) is 8.17. The molecule has 4 rings (SSSR count). The van der Waals surface area contributed by atoms with Crippen LogP contribution in [0.5, 0.6) is 0 Å². The van der Waals surface area contributed by atoms with Gasteiger partial charge >= 0.3 is 0 Å². The van der Waals surface area contributed by atoms with E-state index in [9.17, 15) is 9.18 Å². The number of benzene rings is 1. The van der Waals surface area contributed by atoms with Gasteiger partial charge in [-0.2, -0.15) is 5.10 Å². The molecule has 0 radical (unpaired) electrons. The Morgan fingerprint density at radius 1 is 1.19 bits per heavy atom. The van der Waals surface area contributed by atoms with Crippen LogP contribution in [0.25, 0.3) is 22.3 Å². The lowest BCUT2D eigenvalue weighted by molar-refractivity contribution is 0.0645. The number of nitrogens with zero attached hydrogens (tertiary/aromatic N) is 5. The first-order valence-corrected chi connectivity index (χ1v) is 9.17. The molecule has 7 heteroatoms. The fraction of sp³-hybridized carbons (Fsp3) is 0.350. The summed E-state index contributed by atoms with van der Waals surface area (Å²) in [6.07, 6.45) is 1.66. The van der Waals surface area contributed by atoms with Gasteiger partial charge in [0.2, 0.25) is 0 Å². The zero-order chi connectivity index (χ0) is 19.0. The van der Waals surface area contributed by atoms with E-state index in [0.717, 1.165) is 19.6 Å². The number of hydrogen-bond donors (Lipinski definition) is 0. The number of rotatable bonds is 3. The van der Waals surface area contributed by atoms with E-state index in [1.165, 1.54) is 6.07 Å². The van der Waals surface area contributed by atoms with Crippen LogP contribution in [0, 0.1) is 5.82 Å². The van der Waals surface area contributed by atoms with Gasteiger partial charge in [0.1, 0.15) is 5.82 Å². The van der Waals surface area contributed by atoms with Crippen molar-refractivity contribution in [2.24, 2.45) is 7.05 Å². The minimum absolute atomic E-state index is 0.0521. The Morgan fingerprint density at radius 3 is 2.63 bits per heavy atom. The summed E-state index contributed by atoms with van der Waals surface area (Å²) >= 11 is 0. The smallest absolute Gasteiger partial charge is 0.254 e. The highest BCUT2D eigenvalue weighted by molar-refractivity contribution is 6.06. The summed E-state index contributed by atoms with van der Waals surface area (Å²) in [6.45, 7) is 6.21. The lowest BCUT2D eigenvalue weighted by atomic mass is 10.1. The van der Waals surface area contributed by atoms with Crippen molar-refractivity contribution in [3.63, 3.8) is 0 Å². The molecule has 1 aliphatic rings. The third-order valence-electron chi connectivity index (χ3n) is 5.19. The number of amides is 1. The van der Waals surface area contributed by atoms with E-state index < -0.39 is 0 Å². The van der Waals surface area contributed by atoms with Crippen molar-refractivity contribution >= 4 is 16.9 Å². The summed E-state index contributed by atoms with van der Waals surface area (Å²) in [5.74, 6) is -0.412. The van der Waals surface area contributed by atoms with Gasteiger partial charge in [-0.25, -0.2) is 9.37 Å². The van der Waals surface area contributed by atoms with Gasteiger partial charge in [0.25, 0.3) is 5.91 Å². The SMILES string of the molecule is CCN1CCN(C(=O)c2cc(-c3ccccc3F)nc3c2cnn3C)CC1. The van der Waals surface area contributed by atoms with Crippen molar-refractivity contribution in [1.29, 1.82) is 0 Å². The molecule has 6 nitrogen and oxygen atoms in total. The maximum Gasteiger partial charge on any atom is 0.254 e. The summed E-state index contributed by atoms with van der Waals surface area (Å²) in [7, 11) is 1.77. The number of hydrogen-bond acceptors (Lipinski definition) is 4. The third-order valence-corrected chi connectivity index (χ3v) is 5.19. The van der Waals surface area contributed by atoms with Gasteiger partial charge < -0.3 is 9.80 Å². The molecule has 0 bridgehead atoms. The molecule has 1 aliphatic heterocycles. The van der Waals surface area contributed by atoms with Gasteiger partial charge in [0.15, 0.2) is 5.65 Å². The minimum Gasteiger partial charge on any atom is -0.336 e. The monoisotopic (exact) mass is 367 g/mol. The number of aryl methyl sites for hydroxylation is 1. The Labute approximate surface area is 157 Å². The van der Waals surface area contributed by atoms with Crippen LogP contribution in [-0.2, 0) is 7.05 Å². The molecular formula is C20H22FN5O. The summed E-state index contributed by atoms with van der Waals surface area (Å²) in [5, 5.41) is 4.94. The van der Waals surface area contributed by atoms with Crippen LogP contribution >= 0.6 is 0 Å². The van der Waals surface area contributed by atoms with E-state index in [1.54, 1.807) is 42.2 Å². The number of carbonyl (C=O) groups excluding carboxylic acids is 1. The first kappa shape index (κ1) is 17.6. The zero-order valence-corrected chi connectivity index (χ0v) is 15.5. The van der Waals surface area contributed by atoms with Gasteiger partial charge in [-0.15, -0.1) is 0 Å². The van der Waals surface area contributed by atoms with Gasteiger partial charge in [-0.1, -0.05) is 19.1 Å². The molecule has 1 fully saturated rings. The third kappa shape index (κ3) is 3.19. The fourth-order valence-electron chi connectivity index (χ4n) is 3.54. The van der Waals surface area contributed by atoms with Gasteiger partial charge in [0, 0.05) is 38.8 Å². The lowest BCUT2D eigenvalue weighted by Gasteiger charge is -2.34. The van der Waals surface area contributed by atoms with Crippen molar-refractivity contribution in [2.45, 2.75) is 6.92 Å². The van der Waals surface area contributed by atoms with Crippen LogP contribution in [0.15, 0.2) is 36.5 Å². The number of pyridine rings is 1. The Morgan fingerprint density at radius 2 is 1.93 bits per heavy atom. The predicted octanol–water partition coefficient (Wildman–Crippen LogP) is 2.55. The van der Waals surface area contributed by atoms with Crippen LogP contribution in [0.2, 0.25) is 0 Å². The molecule has 1 aromatic carbocycles. The maximum atomic E-state index is 14.3. The predicted molar refractivity (Wildman–Crippen MR) is 102 cm³/mol. The summed E-state index contributed by atoms with van der Waals surface area (Å²) in [5.41, 5.74) is 1.92. The number of fused-ring (bicyclic) bond motifs is 1. The van der Waals surface area contributed by atoms with E-state index in [2.05, 4.69) is 21.9 Å². The summed E-state index contributed by atoms with van der Waals surface area (Å²) in [4.78, 5) is 22.0. The first-order chi connectivity index (χ1) is 13.1.